The third-order valence-corrected chi connectivity index (χ3v) is 6.14. The quantitative estimate of drug-likeness (QED) is 0.538. The lowest BCUT2D eigenvalue weighted by molar-refractivity contribution is 0.282. The van der Waals surface area contributed by atoms with Crippen LogP contribution in [-0.4, -0.2) is 19.1 Å². The molecule has 0 unspecified atom stereocenters. The number of hydrogen-bond donors (Lipinski definition) is 1. The molecular weight excluding hydrogens is 394 g/mol. The Morgan fingerprint density at radius 3 is 2.69 bits per heavy atom. The van der Waals surface area contributed by atoms with E-state index >= 15 is 0 Å². The van der Waals surface area contributed by atoms with Gasteiger partial charge in [-0.25, -0.2) is 0 Å². The smallest absolute Gasteiger partial charge is 0.283 e. The Balaban J connectivity index is 2.03. The van der Waals surface area contributed by atoms with Crippen LogP contribution in [0.2, 0.25) is 0 Å². The van der Waals surface area contributed by atoms with Gasteiger partial charge in [0.1, 0.15) is 0 Å². The molecule has 2 heterocycles. The van der Waals surface area contributed by atoms with Crippen LogP contribution in [-0.2, 0) is 6.61 Å². The first-order valence-electron chi connectivity index (χ1n) is 8.93. The van der Waals surface area contributed by atoms with E-state index < -0.39 is 0 Å². The SMILES string of the molecule is O=c1nc2n(C3CCCC3)c3cc(CO)ccc3n2c2cccc(Br)c12. The average molecular weight is 412 g/mol. The van der Waals surface area contributed by atoms with E-state index in [0.29, 0.717) is 17.2 Å². The zero-order chi connectivity index (χ0) is 17.8. The zero-order valence-corrected chi connectivity index (χ0v) is 15.7. The predicted molar refractivity (Wildman–Crippen MR) is 106 cm³/mol. The molecule has 1 fully saturated rings. The maximum Gasteiger partial charge on any atom is 0.283 e. The second-order valence-corrected chi connectivity index (χ2v) is 7.83. The molecule has 1 aliphatic rings. The van der Waals surface area contributed by atoms with Crippen molar-refractivity contribution in [3.05, 3.63) is 56.8 Å². The van der Waals surface area contributed by atoms with Gasteiger partial charge in [-0.2, -0.15) is 4.98 Å². The number of imidazole rings is 1. The molecule has 0 radical (unpaired) electrons. The van der Waals surface area contributed by atoms with Crippen LogP contribution in [0.15, 0.2) is 45.7 Å². The molecule has 0 amide bonds. The molecule has 5 nitrogen and oxygen atoms in total. The molecule has 26 heavy (non-hydrogen) atoms. The summed E-state index contributed by atoms with van der Waals surface area (Å²) >= 11 is 3.50. The lowest BCUT2D eigenvalue weighted by Gasteiger charge is -2.14. The van der Waals surface area contributed by atoms with Crippen molar-refractivity contribution in [1.82, 2.24) is 14.0 Å². The monoisotopic (exact) mass is 411 g/mol. The standard InChI is InChI=1S/C20H18BrN3O2/c21-14-6-3-7-16-18(14)19(26)22-20-23(13-4-1-2-5-13)17-10-12(11-25)8-9-15(17)24(16)20/h3,6-10,13,25H,1-2,4-5,11H2. The van der Waals surface area contributed by atoms with E-state index in [1.54, 1.807) is 0 Å². The van der Waals surface area contributed by atoms with Crippen molar-refractivity contribution in [3.63, 3.8) is 0 Å². The first-order valence-corrected chi connectivity index (χ1v) is 9.73. The Morgan fingerprint density at radius 2 is 1.92 bits per heavy atom. The summed E-state index contributed by atoms with van der Waals surface area (Å²) in [7, 11) is 0. The molecule has 1 saturated carbocycles. The van der Waals surface area contributed by atoms with E-state index in [2.05, 4.69) is 29.9 Å². The maximum atomic E-state index is 12.8. The van der Waals surface area contributed by atoms with Crippen molar-refractivity contribution in [1.29, 1.82) is 0 Å². The highest BCUT2D eigenvalue weighted by atomic mass is 79.9. The lowest BCUT2D eigenvalue weighted by atomic mass is 10.2. The van der Waals surface area contributed by atoms with Crippen LogP contribution in [0.5, 0.6) is 0 Å². The number of nitrogens with zero attached hydrogens (tertiary/aromatic N) is 3. The largest absolute Gasteiger partial charge is 0.392 e. The van der Waals surface area contributed by atoms with Gasteiger partial charge in [0.15, 0.2) is 0 Å². The molecule has 0 aliphatic heterocycles. The molecule has 132 valence electrons. The van der Waals surface area contributed by atoms with E-state index in [0.717, 1.165) is 39.4 Å². The predicted octanol–water partition coefficient (Wildman–Crippen LogP) is 4.17. The number of fused-ring (bicyclic) bond motifs is 5. The topological polar surface area (TPSA) is 59.5 Å². The second-order valence-electron chi connectivity index (χ2n) is 6.98. The number of aliphatic hydroxyl groups is 1. The number of aliphatic hydroxyl groups excluding tert-OH is 1. The van der Waals surface area contributed by atoms with Gasteiger partial charge < -0.3 is 9.67 Å². The molecule has 1 aliphatic carbocycles. The van der Waals surface area contributed by atoms with Gasteiger partial charge in [-0.05, 0) is 58.6 Å². The molecule has 6 heteroatoms. The summed E-state index contributed by atoms with van der Waals surface area (Å²) in [4.78, 5) is 17.3. The van der Waals surface area contributed by atoms with Crippen molar-refractivity contribution in [2.75, 3.05) is 0 Å². The van der Waals surface area contributed by atoms with Crippen LogP contribution in [0.25, 0.3) is 27.7 Å². The number of benzene rings is 2. The van der Waals surface area contributed by atoms with Gasteiger partial charge in [0.05, 0.1) is 28.5 Å². The molecule has 2 aromatic heterocycles. The minimum atomic E-state index is -0.211. The van der Waals surface area contributed by atoms with Gasteiger partial charge in [-0.1, -0.05) is 25.0 Å². The molecule has 2 aromatic carbocycles. The number of halogens is 1. The fourth-order valence-electron chi connectivity index (χ4n) is 4.29. The summed E-state index contributed by atoms with van der Waals surface area (Å²) in [6.45, 7) is -0.000666. The summed E-state index contributed by atoms with van der Waals surface area (Å²) in [5.41, 5.74) is 3.56. The zero-order valence-electron chi connectivity index (χ0n) is 14.2. The summed E-state index contributed by atoms with van der Waals surface area (Å²) in [6, 6.07) is 12.1. The second kappa shape index (κ2) is 5.93. The number of rotatable bonds is 2. The molecular formula is C20H18BrN3O2. The minimum absolute atomic E-state index is 0.000666. The van der Waals surface area contributed by atoms with Gasteiger partial charge in [-0.15, -0.1) is 0 Å². The number of aromatic nitrogens is 3. The molecule has 4 aromatic rings. The Morgan fingerprint density at radius 1 is 1.12 bits per heavy atom. The normalized spacial score (nSPS) is 15.6. The van der Waals surface area contributed by atoms with E-state index in [9.17, 15) is 9.90 Å². The first-order chi connectivity index (χ1) is 12.7. The fraction of sp³-hybridized carbons (Fsp3) is 0.300. The molecule has 0 atom stereocenters. The van der Waals surface area contributed by atoms with E-state index in [1.807, 2.05) is 36.4 Å². The lowest BCUT2D eigenvalue weighted by Crippen LogP contribution is -2.14. The van der Waals surface area contributed by atoms with E-state index in [-0.39, 0.29) is 12.2 Å². The summed E-state index contributed by atoms with van der Waals surface area (Å²) in [5, 5.41) is 10.2. The van der Waals surface area contributed by atoms with E-state index in [4.69, 9.17) is 0 Å². The number of hydrogen-bond acceptors (Lipinski definition) is 3. The average Bonchev–Trinajstić information content (AvgIpc) is 3.26. The van der Waals surface area contributed by atoms with Crippen LogP contribution in [0.1, 0.15) is 37.3 Å². The van der Waals surface area contributed by atoms with Crippen molar-refractivity contribution in [3.8, 4) is 0 Å². The van der Waals surface area contributed by atoms with Crippen molar-refractivity contribution >= 4 is 43.6 Å². The van der Waals surface area contributed by atoms with Crippen LogP contribution in [0.4, 0.5) is 0 Å². The maximum absolute atomic E-state index is 12.8. The Labute approximate surface area is 158 Å². The highest BCUT2D eigenvalue weighted by Gasteiger charge is 2.24. The molecule has 0 saturated heterocycles. The van der Waals surface area contributed by atoms with Crippen molar-refractivity contribution in [2.24, 2.45) is 0 Å². The third-order valence-electron chi connectivity index (χ3n) is 5.48. The van der Waals surface area contributed by atoms with E-state index in [1.165, 1.54) is 12.8 Å². The third kappa shape index (κ3) is 2.18. The highest BCUT2D eigenvalue weighted by Crippen LogP contribution is 2.36. The summed E-state index contributed by atoms with van der Waals surface area (Å²) in [6.07, 6.45) is 4.57. The van der Waals surface area contributed by atoms with Gasteiger partial charge >= 0.3 is 0 Å². The summed E-state index contributed by atoms with van der Waals surface area (Å²) < 4.78 is 5.05. The minimum Gasteiger partial charge on any atom is -0.392 e. The van der Waals surface area contributed by atoms with Gasteiger partial charge in [-0.3, -0.25) is 9.20 Å². The molecule has 5 rings (SSSR count). The Kier molecular flexibility index (Phi) is 3.65. The first kappa shape index (κ1) is 16.0. The van der Waals surface area contributed by atoms with Crippen molar-refractivity contribution < 1.29 is 5.11 Å². The van der Waals surface area contributed by atoms with Crippen molar-refractivity contribution in [2.45, 2.75) is 38.3 Å². The molecule has 0 bridgehead atoms. The van der Waals surface area contributed by atoms with Crippen LogP contribution >= 0.6 is 15.9 Å². The van der Waals surface area contributed by atoms with Crippen LogP contribution < -0.4 is 5.56 Å². The van der Waals surface area contributed by atoms with Gasteiger partial charge in [0.2, 0.25) is 5.78 Å². The Hall–Kier alpha value is -2.18. The van der Waals surface area contributed by atoms with Crippen LogP contribution in [0, 0.1) is 0 Å². The Bertz CT molecular complexity index is 1220. The van der Waals surface area contributed by atoms with Crippen LogP contribution in [0.3, 0.4) is 0 Å². The fourth-order valence-corrected chi connectivity index (χ4v) is 4.82. The molecule has 0 spiro atoms. The van der Waals surface area contributed by atoms with Gasteiger partial charge in [0, 0.05) is 10.5 Å². The summed E-state index contributed by atoms with van der Waals surface area (Å²) in [5.74, 6) is 0.692. The molecule has 1 N–H and O–H groups in total. The highest BCUT2D eigenvalue weighted by molar-refractivity contribution is 9.10. The van der Waals surface area contributed by atoms with Gasteiger partial charge in [0.25, 0.3) is 5.56 Å².